The second-order valence-electron chi connectivity index (χ2n) is 4.90. The third-order valence-corrected chi connectivity index (χ3v) is 6.35. The van der Waals surface area contributed by atoms with Crippen molar-refractivity contribution < 1.29 is 0 Å². The predicted molar refractivity (Wildman–Crippen MR) is 92.4 cm³/mol. The minimum Gasteiger partial charge on any atom is -0.143 e. The molecule has 0 nitrogen and oxygen atoms in total. The van der Waals surface area contributed by atoms with Crippen LogP contribution in [-0.4, -0.2) is 0 Å². The topological polar surface area (TPSA) is 0 Å². The molecule has 0 amide bonds. The van der Waals surface area contributed by atoms with E-state index in [4.69, 9.17) is 0 Å². The first-order valence-electron chi connectivity index (χ1n) is 7.13. The predicted octanol–water partition coefficient (Wildman–Crippen LogP) is 7.14. The zero-order valence-corrected chi connectivity index (χ0v) is 14.7. The Kier molecular flexibility index (Phi) is 6.62. The summed E-state index contributed by atoms with van der Waals surface area (Å²) in [7, 11) is 0. The number of thiophene rings is 2. The molecule has 2 rings (SSSR count). The molecule has 0 aliphatic rings. The molecule has 0 aliphatic heterocycles. The first-order valence-corrected chi connectivity index (χ1v) is 9.62. The van der Waals surface area contributed by atoms with Crippen molar-refractivity contribution in [1.29, 1.82) is 0 Å². The smallest absolute Gasteiger partial charge is 0.0737 e. The molecule has 104 valence electrons. The van der Waals surface area contributed by atoms with E-state index >= 15 is 0 Å². The maximum Gasteiger partial charge on any atom is 0.0737 e. The summed E-state index contributed by atoms with van der Waals surface area (Å²) in [6.45, 7) is 2.27. The highest BCUT2D eigenvalue weighted by molar-refractivity contribution is 9.11. The Bertz CT molecular complexity index is 471. The number of rotatable bonds is 8. The second kappa shape index (κ2) is 8.23. The molecule has 2 heterocycles. The van der Waals surface area contributed by atoms with E-state index in [1.807, 2.05) is 22.7 Å². The van der Waals surface area contributed by atoms with E-state index in [0.717, 1.165) is 0 Å². The monoisotopic (exact) mass is 356 g/mol. The second-order valence-corrected chi connectivity index (χ2v) is 8.22. The third-order valence-electron chi connectivity index (χ3n) is 3.32. The van der Waals surface area contributed by atoms with Gasteiger partial charge in [-0.2, -0.15) is 0 Å². The van der Waals surface area contributed by atoms with Gasteiger partial charge in [-0.05, 0) is 51.8 Å². The van der Waals surface area contributed by atoms with Crippen molar-refractivity contribution >= 4 is 38.6 Å². The van der Waals surface area contributed by atoms with E-state index in [2.05, 4.69) is 46.4 Å². The van der Waals surface area contributed by atoms with Crippen LogP contribution >= 0.6 is 38.6 Å². The minimum atomic E-state index is 1.22. The molecule has 0 radical (unpaired) electrons. The molecule has 0 saturated carbocycles. The summed E-state index contributed by atoms with van der Waals surface area (Å²) < 4.78 is 1.32. The lowest BCUT2D eigenvalue weighted by atomic mass is 10.1. The van der Waals surface area contributed by atoms with Gasteiger partial charge in [0.2, 0.25) is 0 Å². The van der Waals surface area contributed by atoms with Gasteiger partial charge in [0.15, 0.2) is 0 Å². The van der Waals surface area contributed by atoms with E-state index < -0.39 is 0 Å². The molecule has 2 aromatic heterocycles. The number of aryl methyl sites for hydroxylation is 1. The fourth-order valence-corrected chi connectivity index (χ4v) is 4.81. The van der Waals surface area contributed by atoms with Crippen LogP contribution in [0, 0.1) is 0 Å². The van der Waals surface area contributed by atoms with Crippen LogP contribution in [0.4, 0.5) is 0 Å². The summed E-state index contributed by atoms with van der Waals surface area (Å²) in [5.41, 5.74) is 1.49. The summed E-state index contributed by atoms with van der Waals surface area (Å²) in [6.07, 6.45) is 9.44. The van der Waals surface area contributed by atoms with Gasteiger partial charge in [0.25, 0.3) is 0 Å². The van der Waals surface area contributed by atoms with Gasteiger partial charge in [-0.1, -0.05) is 45.1 Å². The maximum atomic E-state index is 3.72. The van der Waals surface area contributed by atoms with Crippen LogP contribution in [0.3, 0.4) is 0 Å². The largest absolute Gasteiger partial charge is 0.143 e. The first kappa shape index (κ1) is 15.3. The molecule has 0 spiro atoms. The molecular weight excluding hydrogens is 336 g/mol. The van der Waals surface area contributed by atoms with Gasteiger partial charge in [-0.15, -0.1) is 22.7 Å². The molecule has 0 aliphatic carbocycles. The Morgan fingerprint density at radius 1 is 1.05 bits per heavy atom. The minimum absolute atomic E-state index is 1.22. The van der Waals surface area contributed by atoms with Crippen LogP contribution in [0.25, 0.3) is 9.75 Å². The van der Waals surface area contributed by atoms with Crippen molar-refractivity contribution in [1.82, 2.24) is 0 Å². The summed E-state index contributed by atoms with van der Waals surface area (Å²) in [5.74, 6) is 0. The molecule has 0 fully saturated rings. The van der Waals surface area contributed by atoms with Crippen molar-refractivity contribution in [2.45, 2.75) is 51.9 Å². The van der Waals surface area contributed by atoms with Crippen LogP contribution < -0.4 is 0 Å². The molecule has 19 heavy (non-hydrogen) atoms. The van der Waals surface area contributed by atoms with Gasteiger partial charge in [-0.3, -0.25) is 0 Å². The third kappa shape index (κ3) is 4.73. The molecule has 0 aromatic carbocycles. The molecule has 0 saturated heterocycles. The van der Waals surface area contributed by atoms with Crippen molar-refractivity contribution in [2.24, 2.45) is 0 Å². The molecule has 2 aromatic rings. The van der Waals surface area contributed by atoms with Crippen LogP contribution in [-0.2, 0) is 6.42 Å². The number of hydrogen-bond acceptors (Lipinski definition) is 2. The summed E-state index contributed by atoms with van der Waals surface area (Å²) in [6, 6.07) is 6.70. The van der Waals surface area contributed by atoms with E-state index in [1.165, 1.54) is 64.0 Å². The zero-order chi connectivity index (χ0) is 13.5. The lowest BCUT2D eigenvalue weighted by Gasteiger charge is -2.00. The SMILES string of the molecule is CCCCCCCCc1cc(-c2cccs2)sc1Br. The Morgan fingerprint density at radius 3 is 2.58 bits per heavy atom. The average Bonchev–Trinajstić information content (AvgIpc) is 3.03. The van der Waals surface area contributed by atoms with Gasteiger partial charge < -0.3 is 0 Å². The number of halogens is 1. The fourth-order valence-electron chi connectivity index (χ4n) is 2.21. The lowest BCUT2D eigenvalue weighted by molar-refractivity contribution is 0.607. The van der Waals surface area contributed by atoms with Crippen molar-refractivity contribution in [3.05, 3.63) is 32.9 Å². The van der Waals surface area contributed by atoms with E-state index in [-0.39, 0.29) is 0 Å². The molecular formula is C16H21BrS2. The van der Waals surface area contributed by atoms with Crippen molar-refractivity contribution in [2.75, 3.05) is 0 Å². The summed E-state index contributed by atoms with van der Waals surface area (Å²) in [4.78, 5) is 2.79. The van der Waals surface area contributed by atoms with Gasteiger partial charge in [0.1, 0.15) is 0 Å². The Labute approximate surface area is 133 Å². The lowest BCUT2D eigenvalue weighted by Crippen LogP contribution is -1.84. The Hall–Kier alpha value is -0.120. The zero-order valence-electron chi connectivity index (χ0n) is 11.5. The van der Waals surface area contributed by atoms with Crippen LogP contribution in [0.15, 0.2) is 27.4 Å². The Balaban J connectivity index is 1.81. The summed E-state index contributed by atoms with van der Waals surface area (Å²) in [5, 5.41) is 2.15. The Morgan fingerprint density at radius 2 is 1.84 bits per heavy atom. The van der Waals surface area contributed by atoms with Gasteiger partial charge in [0, 0.05) is 9.75 Å². The maximum absolute atomic E-state index is 3.72. The molecule has 0 bridgehead atoms. The highest BCUT2D eigenvalue weighted by atomic mass is 79.9. The van der Waals surface area contributed by atoms with E-state index in [0.29, 0.717) is 0 Å². The first-order chi connectivity index (χ1) is 9.31. The van der Waals surface area contributed by atoms with Gasteiger partial charge in [-0.25, -0.2) is 0 Å². The number of unbranched alkanes of at least 4 members (excludes halogenated alkanes) is 5. The number of hydrogen-bond donors (Lipinski definition) is 0. The highest BCUT2D eigenvalue weighted by Crippen LogP contribution is 2.37. The molecule has 3 heteroatoms. The van der Waals surface area contributed by atoms with Crippen molar-refractivity contribution in [3.8, 4) is 9.75 Å². The van der Waals surface area contributed by atoms with Gasteiger partial charge >= 0.3 is 0 Å². The van der Waals surface area contributed by atoms with Crippen LogP contribution in [0.2, 0.25) is 0 Å². The van der Waals surface area contributed by atoms with E-state index in [1.54, 1.807) is 0 Å². The van der Waals surface area contributed by atoms with Crippen molar-refractivity contribution in [3.63, 3.8) is 0 Å². The van der Waals surface area contributed by atoms with Gasteiger partial charge in [0.05, 0.1) is 3.79 Å². The highest BCUT2D eigenvalue weighted by Gasteiger charge is 2.08. The summed E-state index contributed by atoms with van der Waals surface area (Å²) >= 11 is 7.42. The quantitative estimate of drug-likeness (QED) is 0.440. The van der Waals surface area contributed by atoms with E-state index in [9.17, 15) is 0 Å². The molecule has 0 N–H and O–H groups in total. The standard InChI is InChI=1S/C16H21BrS2/c1-2-3-4-5-6-7-9-13-12-15(19-16(13)17)14-10-8-11-18-14/h8,10-12H,2-7,9H2,1H3. The average molecular weight is 357 g/mol. The van der Waals surface area contributed by atoms with Crippen LogP contribution in [0.1, 0.15) is 51.0 Å². The molecule has 0 atom stereocenters. The molecule has 0 unspecified atom stereocenters. The normalized spacial score (nSPS) is 11.1. The van der Waals surface area contributed by atoms with Crippen LogP contribution in [0.5, 0.6) is 0 Å². The fraction of sp³-hybridized carbons (Fsp3) is 0.500.